The molecule has 0 aliphatic heterocycles. The molecule has 0 bridgehead atoms. The van der Waals surface area contributed by atoms with Crippen LogP contribution in [-0.2, 0) is 0 Å². The van der Waals surface area contributed by atoms with Crippen molar-refractivity contribution in [3.63, 3.8) is 0 Å². The van der Waals surface area contributed by atoms with Crippen LogP contribution in [0.15, 0.2) is 12.1 Å². The SMILES string of the molecule is Cc1c(N)cc(C(=O)NCC(F)F)cc1F. The van der Waals surface area contributed by atoms with E-state index >= 15 is 0 Å². The lowest BCUT2D eigenvalue weighted by Crippen LogP contribution is -2.28. The van der Waals surface area contributed by atoms with E-state index in [-0.39, 0.29) is 16.8 Å². The average Bonchev–Trinajstić information content (AvgIpc) is 2.21. The second-order valence-electron chi connectivity index (χ2n) is 3.27. The summed E-state index contributed by atoms with van der Waals surface area (Å²) in [5.74, 6) is -1.41. The van der Waals surface area contributed by atoms with Crippen molar-refractivity contribution in [1.29, 1.82) is 0 Å². The number of rotatable bonds is 3. The minimum Gasteiger partial charge on any atom is -0.398 e. The average molecular weight is 232 g/mol. The molecular weight excluding hydrogens is 221 g/mol. The molecule has 0 atom stereocenters. The number of alkyl halides is 2. The topological polar surface area (TPSA) is 55.1 Å². The van der Waals surface area contributed by atoms with Gasteiger partial charge in [-0.15, -0.1) is 0 Å². The monoisotopic (exact) mass is 232 g/mol. The number of carbonyl (C=O) groups excluding carboxylic acids is 1. The number of halogens is 3. The fourth-order valence-electron chi connectivity index (χ4n) is 1.10. The summed E-state index contributed by atoms with van der Waals surface area (Å²) in [7, 11) is 0. The van der Waals surface area contributed by atoms with Crippen molar-refractivity contribution in [3.05, 3.63) is 29.1 Å². The van der Waals surface area contributed by atoms with Gasteiger partial charge in [0.25, 0.3) is 12.3 Å². The van der Waals surface area contributed by atoms with Crippen LogP contribution >= 0.6 is 0 Å². The first-order valence-corrected chi connectivity index (χ1v) is 4.53. The van der Waals surface area contributed by atoms with Crippen LogP contribution in [0.25, 0.3) is 0 Å². The number of hydrogen-bond acceptors (Lipinski definition) is 2. The predicted octanol–water partition coefficient (Wildman–Crippen LogP) is 1.71. The lowest BCUT2D eigenvalue weighted by atomic mass is 10.1. The molecule has 0 heterocycles. The summed E-state index contributed by atoms with van der Waals surface area (Å²) >= 11 is 0. The molecule has 0 radical (unpaired) electrons. The van der Waals surface area contributed by atoms with E-state index in [1.165, 1.54) is 13.0 Å². The molecule has 0 spiro atoms. The van der Waals surface area contributed by atoms with Crippen molar-refractivity contribution in [2.75, 3.05) is 12.3 Å². The third-order valence-electron chi connectivity index (χ3n) is 2.06. The Kier molecular flexibility index (Phi) is 3.76. The summed E-state index contributed by atoms with van der Waals surface area (Å²) in [6.07, 6.45) is -2.64. The zero-order valence-corrected chi connectivity index (χ0v) is 8.56. The van der Waals surface area contributed by atoms with E-state index in [2.05, 4.69) is 0 Å². The minimum atomic E-state index is -2.64. The Bertz CT molecular complexity index is 384. The van der Waals surface area contributed by atoms with Gasteiger partial charge in [-0.05, 0) is 19.1 Å². The van der Waals surface area contributed by atoms with Crippen LogP contribution in [0.1, 0.15) is 15.9 Å². The number of anilines is 1. The summed E-state index contributed by atoms with van der Waals surface area (Å²) in [5.41, 5.74) is 5.72. The molecule has 88 valence electrons. The van der Waals surface area contributed by atoms with Crippen molar-refractivity contribution >= 4 is 11.6 Å². The highest BCUT2D eigenvalue weighted by Crippen LogP contribution is 2.17. The molecule has 0 aromatic heterocycles. The molecule has 0 saturated heterocycles. The Morgan fingerprint density at radius 2 is 2.12 bits per heavy atom. The number of carbonyl (C=O) groups is 1. The zero-order chi connectivity index (χ0) is 12.3. The molecule has 0 aliphatic rings. The van der Waals surface area contributed by atoms with Gasteiger partial charge in [-0.1, -0.05) is 0 Å². The molecule has 0 unspecified atom stereocenters. The van der Waals surface area contributed by atoms with Crippen LogP contribution < -0.4 is 11.1 Å². The maximum Gasteiger partial charge on any atom is 0.255 e. The Morgan fingerprint density at radius 1 is 1.50 bits per heavy atom. The summed E-state index contributed by atoms with van der Waals surface area (Å²) in [6, 6.07) is 2.21. The fourth-order valence-corrected chi connectivity index (χ4v) is 1.10. The molecular formula is C10H11F3N2O. The molecule has 16 heavy (non-hydrogen) atoms. The van der Waals surface area contributed by atoms with Crippen molar-refractivity contribution in [2.45, 2.75) is 13.3 Å². The largest absolute Gasteiger partial charge is 0.398 e. The lowest BCUT2D eigenvalue weighted by Gasteiger charge is -2.07. The quantitative estimate of drug-likeness (QED) is 0.779. The van der Waals surface area contributed by atoms with Crippen molar-refractivity contribution in [1.82, 2.24) is 5.32 Å². The van der Waals surface area contributed by atoms with Gasteiger partial charge in [0.15, 0.2) is 0 Å². The van der Waals surface area contributed by atoms with Gasteiger partial charge in [-0.25, -0.2) is 13.2 Å². The molecule has 0 fully saturated rings. The molecule has 3 nitrogen and oxygen atoms in total. The maximum absolute atomic E-state index is 13.2. The Labute approximate surface area is 90.4 Å². The van der Waals surface area contributed by atoms with Gasteiger partial charge < -0.3 is 11.1 Å². The van der Waals surface area contributed by atoms with E-state index in [4.69, 9.17) is 5.73 Å². The maximum atomic E-state index is 13.2. The highest BCUT2D eigenvalue weighted by atomic mass is 19.3. The Balaban J connectivity index is 2.84. The first-order chi connectivity index (χ1) is 7.41. The van der Waals surface area contributed by atoms with E-state index in [9.17, 15) is 18.0 Å². The Hall–Kier alpha value is -1.72. The van der Waals surface area contributed by atoms with Crippen LogP contribution in [0.3, 0.4) is 0 Å². The molecule has 0 saturated carbocycles. The minimum absolute atomic E-state index is 0.0683. The summed E-state index contributed by atoms with van der Waals surface area (Å²) < 4.78 is 36.8. The van der Waals surface area contributed by atoms with E-state index < -0.39 is 24.7 Å². The van der Waals surface area contributed by atoms with Gasteiger partial charge in [0.2, 0.25) is 0 Å². The third-order valence-corrected chi connectivity index (χ3v) is 2.06. The fraction of sp³-hybridized carbons (Fsp3) is 0.300. The van der Waals surface area contributed by atoms with Crippen LogP contribution in [0, 0.1) is 12.7 Å². The van der Waals surface area contributed by atoms with Crippen molar-refractivity contribution in [3.8, 4) is 0 Å². The lowest BCUT2D eigenvalue weighted by molar-refractivity contribution is 0.0891. The van der Waals surface area contributed by atoms with Crippen molar-refractivity contribution in [2.24, 2.45) is 0 Å². The molecule has 6 heteroatoms. The van der Waals surface area contributed by atoms with E-state index in [1.54, 1.807) is 0 Å². The normalized spacial score (nSPS) is 10.6. The molecule has 3 N–H and O–H groups in total. The van der Waals surface area contributed by atoms with Gasteiger partial charge >= 0.3 is 0 Å². The number of hydrogen-bond donors (Lipinski definition) is 2. The molecule has 1 rings (SSSR count). The number of benzene rings is 1. The van der Waals surface area contributed by atoms with E-state index in [0.717, 1.165) is 6.07 Å². The molecule has 1 aromatic carbocycles. The van der Waals surface area contributed by atoms with Gasteiger partial charge in [-0.2, -0.15) is 0 Å². The van der Waals surface area contributed by atoms with Crippen LogP contribution in [-0.4, -0.2) is 18.9 Å². The second-order valence-corrected chi connectivity index (χ2v) is 3.27. The standard InChI is InChI=1S/C10H11F3N2O/c1-5-7(11)2-6(3-8(5)14)10(16)15-4-9(12)13/h2-3,9H,4,14H2,1H3,(H,15,16). The third kappa shape index (κ3) is 2.88. The number of nitrogen functional groups attached to an aromatic ring is 1. The summed E-state index contributed by atoms with van der Waals surface area (Å²) in [6.45, 7) is 0.694. The number of nitrogens with one attached hydrogen (secondary N) is 1. The van der Waals surface area contributed by atoms with Crippen LogP contribution in [0.5, 0.6) is 0 Å². The van der Waals surface area contributed by atoms with Crippen LogP contribution in [0.4, 0.5) is 18.9 Å². The first kappa shape index (κ1) is 12.4. The summed E-state index contributed by atoms with van der Waals surface area (Å²) in [4.78, 5) is 11.3. The van der Waals surface area contributed by atoms with Gasteiger partial charge in [-0.3, -0.25) is 4.79 Å². The van der Waals surface area contributed by atoms with Gasteiger partial charge in [0.05, 0.1) is 6.54 Å². The second kappa shape index (κ2) is 4.87. The highest BCUT2D eigenvalue weighted by Gasteiger charge is 2.12. The van der Waals surface area contributed by atoms with Crippen molar-refractivity contribution < 1.29 is 18.0 Å². The molecule has 0 aliphatic carbocycles. The first-order valence-electron chi connectivity index (χ1n) is 4.53. The number of amides is 1. The van der Waals surface area contributed by atoms with Crippen LogP contribution in [0.2, 0.25) is 0 Å². The highest BCUT2D eigenvalue weighted by molar-refractivity contribution is 5.95. The molecule has 1 aromatic rings. The predicted molar refractivity (Wildman–Crippen MR) is 53.9 cm³/mol. The van der Waals surface area contributed by atoms with Gasteiger partial charge in [0.1, 0.15) is 5.82 Å². The number of nitrogens with two attached hydrogens (primary N) is 1. The smallest absolute Gasteiger partial charge is 0.255 e. The van der Waals surface area contributed by atoms with E-state index in [1.807, 2.05) is 5.32 Å². The van der Waals surface area contributed by atoms with Gasteiger partial charge in [0, 0.05) is 16.8 Å². The Morgan fingerprint density at radius 3 is 2.62 bits per heavy atom. The summed E-state index contributed by atoms with van der Waals surface area (Å²) in [5, 5.41) is 1.96. The molecule has 1 amide bonds. The van der Waals surface area contributed by atoms with E-state index in [0.29, 0.717) is 0 Å². The zero-order valence-electron chi connectivity index (χ0n) is 8.56.